The van der Waals surface area contributed by atoms with Crippen LogP contribution in [-0.2, 0) is 4.79 Å². The maximum Gasteiger partial charge on any atom is 0.255 e. The molecule has 92 valence electrons. The number of nitrogens with two attached hydrogens (primary N) is 1. The van der Waals surface area contributed by atoms with Gasteiger partial charge in [-0.15, -0.1) is 0 Å². The highest BCUT2D eigenvalue weighted by Crippen LogP contribution is 2.23. The molecule has 1 aliphatic rings. The smallest absolute Gasteiger partial charge is 0.255 e. The lowest BCUT2D eigenvalue weighted by Crippen LogP contribution is -2.20. The summed E-state index contributed by atoms with van der Waals surface area (Å²) in [6.07, 6.45) is 5.13. The van der Waals surface area contributed by atoms with Crippen molar-refractivity contribution in [3.05, 3.63) is 24.3 Å². The van der Waals surface area contributed by atoms with E-state index < -0.39 is 5.91 Å². The minimum absolute atomic E-state index is 0.0740. The molecule has 1 aliphatic carbocycles. The number of anilines is 1. The lowest BCUT2D eigenvalue weighted by molar-refractivity contribution is -0.119. The minimum atomic E-state index is -0.460. The Morgan fingerprint density at radius 3 is 2.53 bits per heavy atom. The summed E-state index contributed by atoms with van der Waals surface area (Å²) < 4.78 is 5.19. The summed E-state index contributed by atoms with van der Waals surface area (Å²) in [5.41, 5.74) is 6.10. The number of benzene rings is 1. The van der Waals surface area contributed by atoms with E-state index in [2.05, 4.69) is 5.32 Å². The van der Waals surface area contributed by atoms with Gasteiger partial charge in [0.05, 0.1) is 0 Å². The molecule has 1 fully saturated rings. The number of primary amides is 1. The Morgan fingerprint density at radius 1 is 1.29 bits per heavy atom. The van der Waals surface area contributed by atoms with Gasteiger partial charge in [-0.1, -0.05) is 12.8 Å². The van der Waals surface area contributed by atoms with Crippen molar-refractivity contribution in [1.29, 1.82) is 0 Å². The van der Waals surface area contributed by atoms with Crippen molar-refractivity contribution >= 4 is 11.6 Å². The third-order valence-electron chi connectivity index (χ3n) is 2.96. The molecular weight excluding hydrogens is 216 g/mol. The van der Waals surface area contributed by atoms with Gasteiger partial charge in [0.1, 0.15) is 5.75 Å². The molecule has 1 aromatic carbocycles. The zero-order valence-electron chi connectivity index (χ0n) is 9.82. The summed E-state index contributed by atoms with van der Waals surface area (Å²) in [5.74, 6) is 0.207. The molecule has 2 rings (SSSR count). The maximum atomic E-state index is 10.6. The zero-order valence-corrected chi connectivity index (χ0v) is 9.82. The molecule has 4 heteroatoms. The number of hydrogen-bond donors (Lipinski definition) is 2. The highest BCUT2D eigenvalue weighted by atomic mass is 16.5. The predicted octanol–water partition coefficient (Wildman–Crippen LogP) is 1.91. The molecule has 4 nitrogen and oxygen atoms in total. The molecule has 0 saturated heterocycles. The van der Waals surface area contributed by atoms with Gasteiger partial charge in [-0.25, -0.2) is 0 Å². The molecule has 0 spiro atoms. The Hall–Kier alpha value is -1.71. The van der Waals surface area contributed by atoms with Crippen LogP contribution in [0.4, 0.5) is 5.69 Å². The van der Waals surface area contributed by atoms with E-state index in [1.165, 1.54) is 25.7 Å². The number of nitrogens with one attached hydrogen (secondary N) is 1. The Labute approximate surface area is 101 Å². The first-order chi connectivity index (χ1) is 8.24. The molecule has 0 radical (unpaired) electrons. The van der Waals surface area contributed by atoms with E-state index in [0.717, 1.165) is 5.69 Å². The second-order valence-corrected chi connectivity index (χ2v) is 4.41. The lowest BCUT2D eigenvalue weighted by atomic mass is 10.2. The monoisotopic (exact) mass is 234 g/mol. The van der Waals surface area contributed by atoms with Gasteiger partial charge in [0.15, 0.2) is 6.61 Å². The number of ether oxygens (including phenoxy) is 1. The Kier molecular flexibility index (Phi) is 3.85. The quantitative estimate of drug-likeness (QED) is 0.818. The Morgan fingerprint density at radius 2 is 1.94 bits per heavy atom. The van der Waals surface area contributed by atoms with Crippen LogP contribution in [0.5, 0.6) is 5.75 Å². The fourth-order valence-electron chi connectivity index (χ4n) is 2.11. The second-order valence-electron chi connectivity index (χ2n) is 4.41. The van der Waals surface area contributed by atoms with Crippen LogP contribution in [-0.4, -0.2) is 18.6 Å². The fraction of sp³-hybridized carbons (Fsp3) is 0.462. The maximum absolute atomic E-state index is 10.6. The summed E-state index contributed by atoms with van der Waals surface area (Å²) in [6, 6.07) is 8.23. The molecule has 0 bridgehead atoms. The van der Waals surface area contributed by atoms with Gasteiger partial charge in [-0.05, 0) is 37.1 Å². The molecule has 17 heavy (non-hydrogen) atoms. The van der Waals surface area contributed by atoms with Crippen LogP contribution >= 0.6 is 0 Å². The van der Waals surface area contributed by atoms with E-state index in [9.17, 15) is 4.79 Å². The van der Waals surface area contributed by atoms with E-state index >= 15 is 0 Å². The van der Waals surface area contributed by atoms with Gasteiger partial charge in [-0.2, -0.15) is 0 Å². The number of carbonyl (C=O) groups excluding carboxylic acids is 1. The number of amides is 1. The van der Waals surface area contributed by atoms with E-state index in [4.69, 9.17) is 10.5 Å². The van der Waals surface area contributed by atoms with Crippen molar-refractivity contribution in [2.24, 2.45) is 5.73 Å². The zero-order chi connectivity index (χ0) is 12.1. The Balaban J connectivity index is 1.86. The molecule has 0 aromatic heterocycles. The number of rotatable bonds is 5. The van der Waals surface area contributed by atoms with Crippen molar-refractivity contribution in [3.8, 4) is 5.75 Å². The first kappa shape index (κ1) is 11.8. The van der Waals surface area contributed by atoms with Gasteiger partial charge < -0.3 is 15.8 Å². The van der Waals surface area contributed by atoms with Crippen LogP contribution in [0.1, 0.15) is 25.7 Å². The third-order valence-corrected chi connectivity index (χ3v) is 2.96. The average molecular weight is 234 g/mol. The van der Waals surface area contributed by atoms with Gasteiger partial charge in [-0.3, -0.25) is 4.79 Å². The molecule has 0 atom stereocenters. The topological polar surface area (TPSA) is 64.4 Å². The summed E-state index contributed by atoms with van der Waals surface area (Å²) >= 11 is 0. The lowest BCUT2D eigenvalue weighted by Gasteiger charge is -2.13. The largest absolute Gasteiger partial charge is 0.484 e. The van der Waals surface area contributed by atoms with Crippen molar-refractivity contribution in [2.45, 2.75) is 31.7 Å². The number of carbonyl (C=O) groups is 1. The molecule has 1 amide bonds. The van der Waals surface area contributed by atoms with Gasteiger partial charge in [0.2, 0.25) is 0 Å². The van der Waals surface area contributed by atoms with Crippen LogP contribution in [0.2, 0.25) is 0 Å². The van der Waals surface area contributed by atoms with Crippen LogP contribution in [0.3, 0.4) is 0 Å². The molecule has 0 aliphatic heterocycles. The molecule has 3 N–H and O–H groups in total. The van der Waals surface area contributed by atoms with Gasteiger partial charge in [0.25, 0.3) is 5.91 Å². The van der Waals surface area contributed by atoms with Crippen molar-refractivity contribution < 1.29 is 9.53 Å². The third kappa shape index (κ3) is 3.66. The predicted molar refractivity (Wildman–Crippen MR) is 67.0 cm³/mol. The molecular formula is C13H18N2O2. The minimum Gasteiger partial charge on any atom is -0.484 e. The summed E-state index contributed by atoms with van der Waals surface area (Å²) in [5, 5.41) is 3.49. The van der Waals surface area contributed by atoms with Crippen LogP contribution < -0.4 is 15.8 Å². The van der Waals surface area contributed by atoms with E-state index in [1.54, 1.807) is 0 Å². The average Bonchev–Trinajstić information content (AvgIpc) is 2.81. The van der Waals surface area contributed by atoms with Crippen molar-refractivity contribution in [3.63, 3.8) is 0 Å². The van der Waals surface area contributed by atoms with Gasteiger partial charge in [0, 0.05) is 11.7 Å². The molecule has 0 unspecified atom stereocenters. The molecule has 1 aromatic rings. The first-order valence-corrected chi connectivity index (χ1v) is 6.02. The van der Waals surface area contributed by atoms with E-state index in [0.29, 0.717) is 11.8 Å². The summed E-state index contributed by atoms with van der Waals surface area (Å²) in [7, 11) is 0. The summed E-state index contributed by atoms with van der Waals surface area (Å²) in [6.45, 7) is -0.0740. The highest BCUT2D eigenvalue weighted by molar-refractivity contribution is 5.75. The fourth-order valence-corrected chi connectivity index (χ4v) is 2.11. The first-order valence-electron chi connectivity index (χ1n) is 6.02. The summed E-state index contributed by atoms with van der Waals surface area (Å²) in [4.78, 5) is 10.6. The highest BCUT2D eigenvalue weighted by Gasteiger charge is 2.14. The van der Waals surface area contributed by atoms with Crippen molar-refractivity contribution in [1.82, 2.24) is 0 Å². The van der Waals surface area contributed by atoms with Crippen LogP contribution in [0.25, 0.3) is 0 Å². The Bertz CT molecular complexity index is 370. The standard InChI is InChI=1S/C13H18N2O2/c14-13(16)9-17-12-7-5-11(6-8-12)15-10-3-1-2-4-10/h5-8,10,15H,1-4,9H2,(H2,14,16). The SMILES string of the molecule is NC(=O)COc1ccc(NC2CCCC2)cc1. The van der Waals surface area contributed by atoms with Crippen LogP contribution in [0, 0.1) is 0 Å². The van der Waals surface area contributed by atoms with Gasteiger partial charge >= 0.3 is 0 Å². The van der Waals surface area contributed by atoms with E-state index in [1.807, 2.05) is 24.3 Å². The van der Waals surface area contributed by atoms with E-state index in [-0.39, 0.29) is 6.61 Å². The molecule has 1 saturated carbocycles. The number of hydrogen-bond acceptors (Lipinski definition) is 3. The normalized spacial score (nSPS) is 15.8. The van der Waals surface area contributed by atoms with Crippen LogP contribution in [0.15, 0.2) is 24.3 Å². The second kappa shape index (κ2) is 5.57. The van der Waals surface area contributed by atoms with Crippen molar-refractivity contribution in [2.75, 3.05) is 11.9 Å². The molecule has 0 heterocycles.